The van der Waals surface area contributed by atoms with Crippen LogP contribution in [0.25, 0.3) is 0 Å². The molecule has 0 aromatic heterocycles. The Balaban J connectivity index is 2.02. The van der Waals surface area contributed by atoms with E-state index in [-0.39, 0.29) is 18.8 Å². The molecule has 0 spiro atoms. The fraction of sp³-hybridized carbons (Fsp3) is 0.588. The molecule has 1 rings (SSSR count). The van der Waals surface area contributed by atoms with Crippen molar-refractivity contribution in [2.75, 3.05) is 33.0 Å². The summed E-state index contributed by atoms with van der Waals surface area (Å²) < 4.78 is 28.9. The molecular weight excluding hydrogens is 303 g/mol. The van der Waals surface area contributed by atoms with Crippen LogP contribution in [-0.4, -0.2) is 44.1 Å². The molecule has 1 aromatic carbocycles. The lowest BCUT2D eigenvalue weighted by molar-refractivity contribution is -0.134. The highest BCUT2D eigenvalue weighted by Crippen LogP contribution is 2.18. The summed E-state index contributed by atoms with van der Waals surface area (Å²) in [5.41, 5.74) is 0.782. The predicted octanol–water partition coefficient (Wildman–Crippen LogP) is 2.63. The van der Waals surface area contributed by atoms with Crippen LogP contribution in [0.2, 0.25) is 0 Å². The quantitative estimate of drug-likeness (QED) is 0.363. The van der Waals surface area contributed by atoms with Crippen molar-refractivity contribution in [3.05, 3.63) is 29.6 Å². The van der Waals surface area contributed by atoms with Gasteiger partial charge in [-0.1, -0.05) is 12.5 Å². The van der Waals surface area contributed by atoms with Gasteiger partial charge in [0.15, 0.2) is 11.6 Å². The summed E-state index contributed by atoms with van der Waals surface area (Å²) >= 11 is 0. The number of rotatable bonds is 12. The topological polar surface area (TPSA) is 65.0 Å². The third-order valence-electron chi connectivity index (χ3n) is 3.09. The van der Waals surface area contributed by atoms with Crippen molar-refractivity contribution in [1.29, 1.82) is 0 Å². The van der Waals surface area contributed by atoms with Gasteiger partial charge in [-0.2, -0.15) is 0 Å². The van der Waals surface area contributed by atoms with E-state index >= 15 is 0 Å². The standard InChI is InChI=1S/C17H25FO5/c1-14-6-7-16(15(18)13-14)23-17(20)5-3-2-4-9-21-11-12-22-10-8-19/h6-7,13,19H,2-5,8-12H2,1H3. The molecule has 0 fully saturated rings. The zero-order valence-electron chi connectivity index (χ0n) is 13.6. The van der Waals surface area contributed by atoms with Crippen molar-refractivity contribution in [1.82, 2.24) is 0 Å². The summed E-state index contributed by atoms with van der Waals surface area (Å²) in [4.78, 5) is 11.6. The van der Waals surface area contributed by atoms with Crippen LogP contribution in [0.1, 0.15) is 31.2 Å². The Kier molecular flexibility index (Phi) is 10.2. The number of aliphatic hydroxyl groups is 1. The Morgan fingerprint density at radius 3 is 2.52 bits per heavy atom. The number of carbonyl (C=O) groups excluding carboxylic acids is 1. The van der Waals surface area contributed by atoms with Gasteiger partial charge >= 0.3 is 5.97 Å². The third kappa shape index (κ3) is 9.28. The number of unbranched alkanes of at least 4 members (excludes halogenated alkanes) is 2. The highest BCUT2D eigenvalue weighted by atomic mass is 19.1. The van der Waals surface area contributed by atoms with Crippen molar-refractivity contribution in [3.8, 4) is 5.75 Å². The maximum atomic E-state index is 13.5. The Labute approximate surface area is 136 Å². The SMILES string of the molecule is Cc1ccc(OC(=O)CCCCCOCCOCCO)c(F)c1. The minimum atomic E-state index is -0.518. The fourth-order valence-corrected chi connectivity index (χ4v) is 1.90. The first-order chi connectivity index (χ1) is 11.1. The van der Waals surface area contributed by atoms with E-state index < -0.39 is 11.8 Å². The van der Waals surface area contributed by atoms with E-state index in [1.165, 1.54) is 12.1 Å². The van der Waals surface area contributed by atoms with Gasteiger partial charge in [0.1, 0.15) is 0 Å². The number of aryl methyl sites for hydroxylation is 1. The maximum absolute atomic E-state index is 13.5. The van der Waals surface area contributed by atoms with Gasteiger partial charge in [-0.15, -0.1) is 0 Å². The number of benzene rings is 1. The van der Waals surface area contributed by atoms with Crippen molar-refractivity contribution in [2.45, 2.75) is 32.6 Å². The maximum Gasteiger partial charge on any atom is 0.311 e. The van der Waals surface area contributed by atoms with Crippen LogP contribution >= 0.6 is 0 Å². The van der Waals surface area contributed by atoms with Gasteiger partial charge < -0.3 is 19.3 Å². The summed E-state index contributed by atoms with van der Waals surface area (Å²) in [6, 6.07) is 4.51. The first-order valence-corrected chi connectivity index (χ1v) is 7.86. The smallest absolute Gasteiger partial charge is 0.311 e. The second-order valence-electron chi connectivity index (χ2n) is 5.17. The molecule has 23 heavy (non-hydrogen) atoms. The van der Waals surface area contributed by atoms with E-state index in [1.807, 2.05) is 0 Å². The molecule has 0 aliphatic carbocycles. The Bertz CT molecular complexity index is 464. The molecule has 0 unspecified atom stereocenters. The number of carbonyl (C=O) groups is 1. The molecule has 0 aliphatic rings. The lowest BCUT2D eigenvalue weighted by atomic mass is 10.2. The van der Waals surface area contributed by atoms with Crippen LogP contribution < -0.4 is 4.74 Å². The third-order valence-corrected chi connectivity index (χ3v) is 3.09. The van der Waals surface area contributed by atoms with Crippen LogP contribution in [-0.2, 0) is 14.3 Å². The number of hydrogen-bond donors (Lipinski definition) is 1. The molecule has 1 aromatic rings. The second kappa shape index (κ2) is 12.0. The van der Waals surface area contributed by atoms with Gasteiger partial charge in [-0.25, -0.2) is 4.39 Å². The number of halogens is 1. The lowest BCUT2D eigenvalue weighted by Gasteiger charge is -2.06. The van der Waals surface area contributed by atoms with Gasteiger partial charge in [-0.05, 0) is 37.5 Å². The highest BCUT2D eigenvalue weighted by Gasteiger charge is 2.09. The Hall–Kier alpha value is -1.50. The van der Waals surface area contributed by atoms with Crippen molar-refractivity contribution >= 4 is 5.97 Å². The summed E-state index contributed by atoms with van der Waals surface area (Å²) in [6.45, 7) is 3.68. The van der Waals surface area contributed by atoms with E-state index in [0.29, 0.717) is 32.8 Å². The zero-order valence-corrected chi connectivity index (χ0v) is 13.6. The van der Waals surface area contributed by atoms with E-state index in [1.54, 1.807) is 13.0 Å². The minimum Gasteiger partial charge on any atom is -0.423 e. The molecule has 0 radical (unpaired) electrons. The predicted molar refractivity (Wildman–Crippen MR) is 84.0 cm³/mol. The van der Waals surface area contributed by atoms with Crippen molar-refractivity contribution in [2.24, 2.45) is 0 Å². The first-order valence-electron chi connectivity index (χ1n) is 7.86. The largest absolute Gasteiger partial charge is 0.423 e. The number of hydrogen-bond acceptors (Lipinski definition) is 5. The molecule has 0 saturated carbocycles. The molecule has 6 heteroatoms. The molecule has 0 atom stereocenters. The summed E-state index contributed by atoms with van der Waals surface area (Å²) in [7, 11) is 0. The van der Waals surface area contributed by atoms with E-state index in [2.05, 4.69) is 0 Å². The normalized spacial score (nSPS) is 10.7. The Morgan fingerprint density at radius 2 is 1.83 bits per heavy atom. The number of aliphatic hydroxyl groups excluding tert-OH is 1. The minimum absolute atomic E-state index is 0.0165. The van der Waals surface area contributed by atoms with Gasteiger partial charge in [0.05, 0.1) is 26.4 Å². The molecule has 0 amide bonds. The number of esters is 1. The van der Waals surface area contributed by atoms with Gasteiger partial charge in [0.2, 0.25) is 0 Å². The average Bonchev–Trinajstić information content (AvgIpc) is 2.52. The monoisotopic (exact) mass is 328 g/mol. The van der Waals surface area contributed by atoms with Crippen LogP contribution in [0.5, 0.6) is 5.75 Å². The first kappa shape index (κ1) is 19.5. The summed E-state index contributed by atoms with van der Waals surface area (Å²) in [5.74, 6) is -0.965. The molecule has 5 nitrogen and oxygen atoms in total. The van der Waals surface area contributed by atoms with E-state index in [0.717, 1.165) is 18.4 Å². The molecule has 130 valence electrons. The van der Waals surface area contributed by atoms with E-state index in [9.17, 15) is 9.18 Å². The number of ether oxygens (including phenoxy) is 3. The van der Waals surface area contributed by atoms with Gasteiger partial charge in [0.25, 0.3) is 0 Å². The van der Waals surface area contributed by atoms with E-state index in [4.69, 9.17) is 19.3 Å². The van der Waals surface area contributed by atoms with Crippen LogP contribution in [0.15, 0.2) is 18.2 Å². The lowest BCUT2D eigenvalue weighted by Crippen LogP contribution is -2.09. The van der Waals surface area contributed by atoms with Gasteiger partial charge in [0, 0.05) is 13.0 Å². The van der Waals surface area contributed by atoms with Crippen LogP contribution in [0.4, 0.5) is 4.39 Å². The fourth-order valence-electron chi connectivity index (χ4n) is 1.90. The van der Waals surface area contributed by atoms with Crippen LogP contribution in [0.3, 0.4) is 0 Å². The van der Waals surface area contributed by atoms with Crippen molar-refractivity contribution < 1.29 is 28.5 Å². The Morgan fingerprint density at radius 1 is 1.09 bits per heavy atom. The summed E-state index contributed by atoms with van der Waals surface area (Å²) in [5, 5.41) is 8.51. The molecule has 1 N–H and O–H groups in total. The van der Waals surface area contributed by atoms with Gasteiger partial charge in [-0.3, -0.25) is 4.79 Å². The zero-order chi connectivity index (χ0) is 16.9. The van der Waals surface area contributed by atoms with Crippen LogP contribution in [0, 0.1) is 12.7 Å². The molecule has 0 saturated heterocycles. The molecule has 0 aliphatic heterocycles. The highest BCUT2D eigenvalue weighted by molar-refractivity contribution is 5.72. The average molecular weight is 328 g/mol. The molecular formula is C17H25FO5. The molecule has 0 heterocycles. The van der Waals surface area contributed by atoms with Crippen molar-refractivity contribution in [3.63, 3.8) is 0 Å². The second-order valence-corrected chi connectivity index (χ2v) is 5.17. The molecule has 0 bridgehead atoms. The summed E-state index contributed by atoms with van der Waals surface area (Å²) in [6.07, 6.45) is 2.61.